The summed E-state index contributed by atoms with van der Waals surface area (Å²) in [5.74, 6) is 0.904. The highest BCUT2D eigenvalue weighted by Crippen LogP contribution is 2.31. The first-order chi connectivity index (χ1) is 9.66. The lowest BCUT2D eigenvalue weighted by molar-refractivity contribution is -0.136. The Morgan fingerprint density at radius 2 is 2.00 bits per heavy atom. The predicted octanol–water partition coefficient (Wildman–Crippen LogP) is 2.21. The number of ketones is 1. The monoisotopic (exact) mass is 273 g/mol. The minimum atomic E-state index is -0.490. The van der Waals surface area contributed by atoms with Crippen LogP contribution in [0.4, 0.5) is 0 Å². The zero-order valence-electron chi connectivity index (χ0n) is 11.7. The summed E-state index contributed by atoms with van der Waals surface area (Å²) in [6, 6.07) is 5.51. The smallest absolute Gasteiger partial charge is 0.263 e. The maximum Gasteiger partial charge on any atom is 0.263 e. The van der Waals surface area contributed by atoms with Crippen LogP contribution in [0.3, 0.4) is 0 Å². The summed E-state index contributed by atoms with van der Waals surface area (Å²) < 4.78 is 5.84. The molecule has 1 atom stereocenters. The number of nitrogens with zero attached hydrogens (tertiary/aromatic N) is 1. The van der Waals surface area contributed by atoms with Gasteiger partial charge in [0.2, 0.25) is 0 Å². The molecule has 20 heavy (non-hydrogen) atoms. The zero-order chi connectivity index (χ0) is 14.1. The third-order valence-electron chi connectivity index (χ3n) is 4.10. The normalized spacial score (nSPS) is 19.1. The van der Waals surface area contributed by atoms with E-state index < -0.39 is 6.10 Å². The van der Waals surface area contributed by atoms with Gasteiger partial charge in [-0.25, -0.2) is 0 Å². The van der Waals surface area contributed by atoms with Crippen molar-refractivity contribution in [2.75, 3.05) is 13.1 Å². The minimum Gasteiger partial charge on any atom is -0.481 e. The van der Waals surface area contributed by atoms with Crippen LogP contribution < -0.4 is 4.74 Å². The number of likely N-dealkylation sites (tertiary alicyclic amines) is 1. The molecule has 1 aliphatic carbocycles. The molecule has 1 unspecified atom stereocenters. The summed E-state index contributed by atoms with van der Waals surface area (Å²) in [5.41, 5.74) is 1.71. The lowest BCUT2D eigenvalue weighted by atomic mass is 10.1. The number of hydrogen-bond acceptors (Lipinski definition) is 3. The maximum atomic E-state index is 12.2. The minimum absolute atomic E-state index is 0.0458. The number of amides is 1. The molecular weight excluding hydrogens is 254 g/mol. The van der Waals surface area contributed by atoms with Crippen LogP contribution in [0.5, 0.6) is 5.75 Å². The molecule has 3 rings (SSSR count). The van der Waals surface area contributed by atoms with Crippen molar-refractivity contribution < 1.29 is 14.3 Å². The molecule has 0 radical (unpaired) electrons. The van der Waals surface area contributed by atoms with E-state index in [0.29, 0.717) is 12.2 Å². The molecule has 4 nitrogen and oxygen atoms in total. The molecule has 1 aromatic rings. The van der Waals surface area contributed by atoms with Crippen molar-refractivity contribution in [3.63, 3.8) is 0 Å². The van der Waals surface area contributed by atoms with Crippen LogP contribution in [0.1, 0.15) is 42.1 Å². The fraction of sp³-hybridized carbons (Fsp3) is 0.500. The molecule has 4 heteroatoms. The van der Waals surface area contributed by atoms with Crippen LogP contribution in [-0.4, -0.2) is 35.8 Å². The van der Waals surface area contributed by atoms with Gasteiger partial charge in [-0.05, 0) is 32.3 Å². The van der Waals surface area contributed by atoms with Crippen LogP contribution >= 0.6 is 0 Å². The molecule has 1 aromatic carbocycles. The highest BCUT2D eigenvalue weighted by Gasteiger charge is 2.27. The fourth-order valence-corrected chi connectivity index (χ4v) is 3.00. The Labute approximate surface area is 118 Å². The van der Waals surface area contributed by atoms with Crippen molar-refractivity contribution in [3.05, 3.63) is 29.3 Å². The van der Waals surface area contributed by atoms with E-state index in [-0.39, 0.29) is 11.7 Å². The van der Waals surface area contributed by atoms with Gasteiger partial charge in [0.15, 0.2) is 11.9 Å². The van der Waals surface area contributed by atoms with Crippen LogP contribution in [0.15, 0.2) is 18.2 Å². The number of carbonyl (C=O) groups is 2. The first kappa shape index (κ1) is 13.2. The summed E-state index contributed by atoms with van der Waals surface area (Å²) in [6.07, 6.45) is 2.93. The van der Waals surface area contributed by atoms with E-state index in [1.165, 1.54) is 0 Å². The molecule has 0 spiro atoms. The maximum absolute atomic E-state index is 12.2. The summed E-state index contributed by atoms with van der Waals surface area (Å²) >= 11 is 0. The molecule has 0 bridgehead atoms. The Hall–Kier alpha value is -1.84. The number of hydrogen-bond donors (Lipinski definition) is 0. The Morgan fingerprint density at radius 1 is 1.25 bits per heavy atom. The SMILES string of the molecule is CC(Oc1cccc2c1CCC2=O)C(=O)N1CCCC1. The third kappa shape index (κ3) is 2.30. The van der Waals surface area contributed by atoms with Gasteiger partial charge in [0.05, 0.1) is 0 Å². The van der Waals surface area contributed by atoms with Crippen molar-refractivity contribution in [1.82, 2.24) is 4.90 Å². The second-order valence-corrected chi connectivity index (χ2v) is 5.50. The molecule has 1 aliphatic heterocycles. The summed E-state index contributed by atoms with van der Waals surface area (Å²) in [7, 11) is 0. The first-order valence-corrected chi connectivity index (χ1v) is 7.27. The van der Waals surface area contributed by atoms with Gasteiger partial charge in [-0.15, -0.1) is 0 Å². The fourth-order valence-electron chi connectivity index (χ4n) is 3.00. The second kappa shape index (κ2) is 5.27. The topological polar surface area (TPSA) is 46.6 Å². The van der Waals surface area contributed by atoms with Crippen molar-refractivity contribution in [3.8, 4) is 5.75 Å². The number of benzene rings is 1. The van der Waals surface area contributed by atoms with Gasteiger partial charge in [-0.3, -0.25) is 9.59 Å². The number of carbonyl (C=O) groups excluding carboxylic acids is 2. The molecule has 0 saturated carbocycles. The Morgan fingerprint density at radius 3 is 2.75 bits per heavy atom. The van der Waals surface area contributed by atoms with Crippen molar-refractivity contribution in [2.45, 2.75) is 38.7 Å². The van der Waals surface area contributed by atoms with E-state index in [1.54, 1.807) is 6.92 Å². The highest BCUT2D eigenvalue weighted by atomic mass is 16.5. The van der Waals surface area contributed by atoms with Crippen LogP contribution in [-0.2, 0) is 11.2 Å². The Bertz CT molecular complexity index is 547. The molecule has 0 N–H and O–H groups in total. The molecule has 0 aromatic heterocycles. The molecule has 1 saturated heterocycles. The van der Waals surface area contributed by atoms with Gasteiger partial charge in [0.25, 0.3) is 5.91 Å². The molecule has 1 fully saturated rings. The number of Topliss-reactive ketones (excluding diaryl/α,β-unsaturated/α-hetero) is 1. The van der Waals surface area contributed by atoms with E-state index in [4.69, 9.17) is 4.74 Å². The van der Waals surface area contributed by atoms with Gasteiger partial charge in [0, 0.05) is 30.6 Å². The van der Waals surface area contributed by atoms with E-state index in [1.807, 2.05) is 23.1 Å². The summed E-state index contributed by atoms with van der Waals surface area (Å²) in [6.45, 7) is 3.45. The van der Waals surface area contributed by atoms with Crippen LogP contribution in [0.2, 0.25) is 0 Å². The van der Waals surface area contributed by atoms with Crippen LogP contribution in [0, 0.1) is 0 Å². The van der Waals surface area contributed by atoms with E-state index >= 15 is 0 Å². The lowest BCUT2D eigenvalue weighted by Gasteiger charge is -2.22. The average Bonchev–Trinajstić information content (AvgIpc) is 3.09. The van der Waals surface area contributed by atoms with Gasteiger partial charge in [-0.1, -0.05) is 12.1 Å². The van der Waals surface area contributed by atoms with Crippen molar-refractivity contribution in [1.29, 1.82) is 0 Å². The molecular formula is C16H19NO3. The number of ether oxygens (including phenoxy) is 1. The molecule has 106 valence electrons. The first-order valence-electron chi connectivity index (χ1n) is 7.27. The predicted molar refractivity (Wildman–Crippen MR) is 75.0 cm³/mol. The lowest BCUT2D eigenvalue weighted by Crippen LogP contribution is -2.38. The van der Waals surface area contributed by atoms with Gasteiger partial charge < -0.3 is 9.64 Å². The number of rotatable bonds is 3. The summed E-state index contributed by atoms with van der Waals surface area (Å²) in [4.78, 5) is 25.8. The quantitative estimate of drug-likeness (QED) is 0.848. The Kier molecular flexibility index (Phi) is 3.47. The van der Waals surface area contributed by atoms with E-state index in [9.17, 15) is 9.59 Å². The molecule has 2 aliphatic rings. The van der Waals surface area contributed by atoms with Crippen molar-refractivity contribution in [2.24, 2.45) is 0 Å². The second-order valence-electron chi connectivity index (χ2n) is 5.50. The van der Waals surface area contributed by atoms with Crippen LogP contribution in [0.25, 0.3) is 0 Å². The van der Waals surface area contributed by atoms with Gasteiger partial charge >= 0.3 is 0 Å². The highest BCUT2D eigenvalue weighted by molar-refractivity contribution is 6.01. The number of fused-ring (bicyclic) bond motifs is 1. The van der Waals surface area contributed by atoms with Crippen molar-refractivity contribution >= 4 is 11.7 Å². The Balaban J connectivity index is 1.75. The zero-order valence-corrected chi connectivity index (χ0v) is 11.7. The molecule has 1 heterocycles. The van der Waals surface area contributed by atoms with E-state index in [2.05, 4.69) is 0 Å². The van der Waals surface area contributed by atoms with E-state index in [0.717, 1.165) is 43.5 Å². The van der Waals surface area contributed by atoms with Gasteiger partial charge in [-0.2, -0.15) is 0 Å². The summed E-state index contributed by atoms with van der Waals surface area (Å²) in [5, 5.41) is 0. The standard InChI is InChI=1S/C16H19NO3/c1-11(16(19)17-9-2-3-10-17)20-15-6-4-5-12-13(15)7-8-14(12)18/h4-6,11H,2-3,7-10H2,1H3. The molecule has 1 amide bonds. The van der Waals surface area contributed by atoms with Gasteiger partial charge in [0.1, 0.15) is 5.75 Å². The largest absolute Gasteiger partial charge is 0.481 e. The average molecular weight is 273 g/mol. The third-order valence-corrected chi connectivity index (χ3v) is 4.10.